The first kappa shape index (κ1) is 19.2. The SMILES string of the molecule is NC(C(=O)N[C@H]1CN([C@@H](C(=O)O)c2ccc(O)cc2)C1=O)c1ccc(O)cc1. The van der Waals surface area contributed by atoms with Crippen molar-refractivity contribution in [2.24, 2.45) is 5.73 Å². The van der Waals surface area contributed by atoms with E-state index in [4.69, 9.17) is 5.73 Å². The van der Waals surface area contributed by atoms with Gasteiger partial charge in [0.25, 0.3) is 0 Å². The average Bonchev–Trinajstić information content (AvgIpc) is 2.67. The third-order valence-electron chi connectivity index (χ3n) is 4.57. The van der Waals surface area contributed by atoms with Crippen molar-refractivity contribution in [2.45, 2.75) is 18.1 Å². The number of phenolic OH excluding ortho intramolecular Hbond substituents is 2. The molecule has 0 saturated carbocycles. The van der Waals surface area contributed by atoms with Gasteiger partial charge in [-0.3, -0.25) is 9.59 Å². The van der Waals surface area contributed by atoms with Gasteiger partial charge in [0.2, 0.25) is 11.8 Å². The number of nitrogens with zero attached hydrogens (tertiary/aromatic N) is 1. The minimum absolute atomic E-state index is 0.0174. The molecule has 1 fully saturated rings. The van der Waals surface area contributed by atoms with E-state index in [0.717, 1.165) is 4.90 Å². The number of β-lactam (4-membered cyclic amide) rings is 1. The van der Waals surface area contributed by atoms with Gasteiger partial charge in [-0.2, -0.15) is 0 Å². The average molecular weight is 385 g/mol. The number of nitrogens with two attached hydrogens (primary N) is 1. The summed E-state index contributed by atoms with van der Waals surface area (Å²) in [4.78, 5) is 37.5. The first-order chi connectivity index (χ1) is 13.3. The standard InChI is InChI=1S/C19H19N3O6/c20-15(10-1-5-12(23)6-2-10)17(25)21-14-9-22(18(14)26)16(19(27)28)11-3-7-13(24)8-4-11/h1-8,14-16,23-24H,9,20H2,(H,21,25)(H,27,28)/t14-,15?,16+/m0/s1. The summed E-state index contributed by atoms with van der Waals surface area (Å²) < 4.78 is 0. The summed E-state index contributed by atoms with van der Waals surface area (Å²) in [5.41, 5.74) is 6.67. The smallest absolute Gasteiger partial charge is 0.331 e. The molecule has 2 amide bonds. The second-order valence-electron chi connectivity index (χ2n) is 6.45. The number of hydrogen-bond donors (Lipinski definition) is 5. The van der Waals surface area contributed by atoms with Crippen LogP contribution in [0.3, 0.4) is 0 Å². The fourth-order valence-electron chi connectivity index (χ4n) is 3.00. The molecule has 1 unspecified atom stereocenters. The van der Waals surface area contributed by atoms with Gasteiger partial charge in [-0.25, -0.2) is 4.79 Å². The van der Waals surface area contributed by atoms with Gasteiger partial charge in [0.05, 0.1) is 6.54 Å². The molecule has 0 radical (unpaired) electrons. The van der Waals surface area contributed by atoms with Crippen LogP contribution in [0.15, 0.2) is 48.5 Å². The van der Waals surface area contributed by atoms with Gasteiger partial charge in [0.1, 0.15) is 23.6 Å². The van der Waals surface area contributed by atoms with Crippen molar-refractivity contribution in [1.29, 1.82) is 0 Å². The van der Waals surface area contributed by atoms with E-state index in [0.29, 0.717) is 11.1 Å². The monoisotopic (exact) mass is 385 g/mol. The first-order valence-corrected chi connectivity index (χ1v) is 8.45. The van der Waals surface area contributed by atoms with E-state index in [1.807, 2.05) is 0 Å². The number of carboxylic acid groups (broad SMARTS) is 1. The number of nitrogens with one attached hydrogen (secondary N) is 1. The molecule has 0 bridgehead atoms. The minimum atomic E-state index is -1.22. The Bertz CT molecular complexity index is 897. The Kier molecular flexibility index (Phi) is 5.18. The zero-order chi connectivity index (χ0) is 20.4. The summed E-state index contributed by atoms with van der Waals surface area (Å²) in [6.45, 7) is 0.0186. The summed E-state index contributed by atoms with van der Waals surface area (Å²) >= 11 is 0. The van der Waals surface area contributed by atoms with Crippen molar-refractivity contribution < 1.29 is 29.7 Å². The minimum Gasteiger partial charge on any atom is -0.508 e. The van der Waals surface area contributed by atoms with E-state index in [-0.39, 0.29) is 18.0 Å². The molecule has 9 nitrogen and oxygen atoms in total. The van der Waals surface area contributed by atoms with Crippen LogP contribution < -0.4 is 11.1 Å². The molecule has 0 aliphatic carbocycles. The Morgan fingerprint density at radius 3 is 1.96 bits per heavy atom. The maximum atomic E-state index is 12.4. The number of amides is 2. The number of likely N-dealkylation sites (tertiary alicyclic amines) is 1. The van der Waals surface area contributed by atoms with E-state index in [1.54, 1.807) is 0 Å². The van der Waals surface area contributed by atoms with Crippen LogP contribution in [0.2, 0.25) is 0 Å². The summed E-state index contributed by atoms with van der Waals surface area (Å²) in [5.74, 6) is -2.32. The Morgan fingerprint density at radius 2 is 1.50 bits per heavy atom. The molecule has 0 spiro atoms. The molecule has 6 N–H and O–H groups in total. The van der Waals surface area contributed by atoms with Crippen LogP contribution in [-0.2, 0) is 14.4 Å². The largest absolute Gasteiger partial charge is 0.508 e. The normalized spacial score (nSPS) is 18.1. The number of carbonyl (C=O) groups excluding carboxylic acids is 2. The lowest BCUT2D eigenvalue weighted by Gasteiger charge is -2.42. The number of phenols is 2. The molecule has 3 atom stereocenters. The number of rotatable bonds is 6. The lowest BCUT2D eigenvalue weighted by atomic mass is 9.97. The van der Waals surface area contributed by atoms with E-state index in [9.17, 15) is 29.7 Å². The first-order valence-electron chi connectivity index (χ1n) is 8.45. The highest BCUT2D eigenvalue weighted by atomic mass is 16.4. The van der Waals surface area contributed by atoms with Crippen molar-refractivity contribution >= 4 is 17.8 Å². The number of benzene rings is 2. The quantitative estimate of drug-likeness (QED) is 0.447. The second kappa shape index (κ2) is 7.57. The fraction of sp³-hybridized carbons (Fsp3) is 0.211. The van der Waals surface area contributed by atoms with Crippen LogP contribution >= 0.6 is 0 Å². The molecule has 1 aliphatic heterocycles. The van der Waals surface area contributed by atoms with Gasteiger partial charge >= 0.3 is 5.97 Å². The molecular formula is C19H19N3O6. The van der Waals surface area contributed by atoms with E-state index in [2.05, 4.69) is 5.32 Å². The zero-order valence-electron chi connectivity index (χ0n) is 14.6. The van der Waals surface area contributed by atoms with Crippen LogP contribution in [0.5, 0.6) is 11.5 Å². The van der Waals surface area contributed by atoms with Crippen molar-refractivity contribution in [3.63, 3.8) is 0 Å². The molecule has 1 saturated heterocycles. The predicted octanol–water partition coefficient (Wildman–Crippen LogP) is 0.251. The van der Waals surface area contributed by atoms with Gasteiger partial charge in [-0.05, 0) is 35.4 Å². The lowest BCUT2D eigenvalue weighted by Crippen LogP contribution is -2.66. The lowest BCUT2D eigenvalue weighted by molar-refractivity contribution is -0.160. The highest BCUT2D eigenvalue weighted by Crippen LogP contribution is 2.28. The fourth-order valence-corrected chi connectivity index (χ4v) is 3.00. The van der Waals surface area contributed by atoms with Crippen molar-refractivity contribution in [3.05, 3.63) is 59.7 Å². The van der Waals surface area contributed by atoms with E-state index in [1.165, 1.54) is 48.5 Å². The molecule has 2 aromatic rings. The Hall–Kier alpha value is -3.59. The third-order valence-corrected chi connectivity index (χ3v) is 4.57. The predicted molar refractivity (Wildman–Crippen MR) is 97.2 cm³/mol. The molecule has 1 heterocycles. The summed E-state index contributed by atoms with van der Waals surface area (Å²) in [5, 5.41) is 30.6. The van der Waals surface area contributed by atoms with Gasteiger partial charge in [-0.1, -0.05) is 24.3 Å². The van der Waals surface area contributed by atoms with E-state index < -0.39 is 35.9 Å². The van der Waals surface area contributed by atoms with Gasteiger partial charge < -0.3 is 31.3 Å². The number of aliphatic carboxylic acids is 1. The number of hydrogen-bond acceptors (Lipinski definition) is 6. The van der Waals surface area contributed by atoms with Crippen molar-refractivity contribution in [3.8, 4) is 11.5 Å². The Balaban J connectivity index is 1.65. The van der Waals surface area contributed by atoms with Crippen LogP contribution in [0, 0.1) is 0 Å². The molecule has 28 heavy (non-hydrogen) atoms. The number of aromatic hydroxyl groups is 2. The van der Waals surface area contributed by atoms with Crippen LogP contribution in [0.25, 0.3) is 0 Å². The summed E-state index contributed by atoms with van der Waals surface area (Å²) in [6.07, 6.45) is 0. The van der Waals surface area contributed by atoms with Gasteiger partial charge in [-0.15, -0.1) is 0 Å². The molecule has 146 valence electrons. The molecule has 3 rings (SSSR count). The maximum absolute atomic E-state index is 12.4. The van der Waals surface area contributed by atoms with Crippen molar-refractivity contribution in [1.82, 2.24) is 10.2 Å². The van der Waals surface area contributed by atoms with E-state index >= 15 is 0 Å². The highest BCUT2D eigenvalue weighted by Gasteiger charge is 2.45. The van der Waals surface area contributed by atoms with Crippen LogP contribution in [0.1, 0.15) is 23.2 Å². The molecule has 1 aliphatic rings. The number of carbonyl (C=O) groups is 3. The topological polar surface area (TPSA) is 153 Å². The summed E-state index contributed by atoms with van der Waals surface area (Å²) in [6, 6.07) is 8.21. The highest BCUT2D eigenvalue weighted by molar-refractivity contribution is 5.96. The van der Waals surface area contributed by atoms with Crippen molar-refractivity contribution in [2.75, 3.05) is 6.54 Å². The molecule has 0 aromatic heterocycles. The Labute approximate surface area is 160 Å². The zero-order valence-corrected chi connectivity index (χ0v) is 14.6. The van der Waals surface area contributed by atoms with Crippen LogP contribution in [-0.4, -0.2) is 50.6 Å². The second-order valence-corrected chi connectivity index (χ2v) is 6.45. The van der Waals surface area contributed by atoms with Gasteiger partial charge in [0, 0.05) is 0 Å². The number of carboxylic acids is 1. The Morgan fingerprint density at radius 1 is 1.00 bits per heavy atom. The third kappa shape index (κ3) is 3.74. The molecular weight excluding hydrogens is 366 g/mol. The van der Waals surface area contributed by atoms with Crippen LogP contribution in [0.4, 0.5) is 0 Å². The molecule has 9 heteroatoms. The summed E-state index contributed by atoms with van der Waals surface area (Å²) in [7, 11) is 0. The molecule has 2 aromatic carbocycles. The maximum Gasteiger partial charge on any atom is 0.331 e. The van der Waals surface area contributed by atoms with Gasteiger partial charge in [0.15, 0.2) is 6.04 Å².